The highest BCUT2D eigenvalue weighted by Gasteiger charge is 2.24. The van der Waals surface area contributed by atoms with Gasteiger partial charge in [-0.3, -0.25) is 9.79 Å². The third kappa shape index (κ3) is 5.61. The number of rotatable bonds is 9. The van der Waals surface area contributed by atoms with Crippen molar-refractivity contribution in [2.24, 2.45) is 16.5 Å². The first-order valence-electron chi connectivity index (χ1n) is 7.83. The van der Waals surface area contributed by atoms with Crippen LogP contribution < -0.4 is 20.9 Å². The van der Waals surface area contributed by atoms with Crippen molar-refractivity contribution in [1.82, 2.24) is 4.72 Å². The van der Waals surface area contributed by atoms with Crippen molar-refractivity contribution in [2.45, 2.75) is 36.6 Å². The highest BCUT2D eigenvalue weighted by atomic mass is 32.2. The van der Waals surface area contributed by atoms with Crippen LogP contribution >= 0.6 is 0 Å². The summed E-state index contributed by atoms with van der Waals surface area (Å²) in [4.78, 5) is 14.9. The molecular formula is C15H22N4O5S. The van der Waals surface area contributed by atoms with Gasteiger partial charge in [-0.05, 0) is 36.6 Å². The summed E-state index contributed by atoms with van der Waals surface area (Å²) in [5.74, 6) is -0.467. The van der Waals surface area contributed by atoms with E-state index in [0.29, 0.717) is 38.2 Å². The second-order valence-electron chi connectivity index (χ2n) is 5.73. The summed E-state index contributed by atoms with van der Waals surface area (Å²) < 4.78 is 32.9. The molecule has 1 aromatic rings. The number of aliphatic imine (C=N–C) groups is 1. The van der Waals surface area contributed by atoms with Gasteiger partial charge in [-0.15, -0.1) is 0 Å². The lowest BCUT2D eigenvalue weighted by atomic mass is 10.1. The van der Waals surface area contributed by atoms with Crippen molar-refractivity contribution in [3.05, 3.63) is 23.8 Å². The molecule has 25 heavy (non-hydrogen) atoms. The second kappa shape index (κ2) is 8.17. The van der Waals surface area contributed by atoms with E-state index < -0.39 is 22.0 Å². The summed E-state index contributed by atoms with van der Waals surface area (Å²) in [5.41, 5.74) is 11.3. The van der Waals surface area contributed by atoms with Gasteiger partial charge in [0.1, 0.15) is 5.75 Å². The van der Waals surface area contributed by atoms with Crippen LogP contribution in [0.4, 0.5) is 0 Å². The Balaban J connectivity index is 2.07. The lowest BCUT2D eigenvalue weighted by molar-refractivity contribution is -0.137. The van der Waals surface area contributed by atoms with E-state index in [1.807, 2.05) is 0 Å². The molecule has 1 atom stereocenters. The Hall–Kier alpha value is -2.33. The number of hydrogen-bond donors (Lipinski definition) is 4. The van der Waals surface area contributed by atoms with Crippen molar-refractivity contribution >= 4 is 22.0 Å². The fourth-order valence-electron chi connectivity index (χ4n) is 2.58. The zero-order valence-corrected chi connectivity index (χ0v) is 14.5. The van der Waals surface area contributed by atoms with Crippen LogP contribution in [0.5, 0.6) is 5.75 Å². The van der Waals surface area contributed by atoms with E-state index >= 15 is 0 Å². The normalized spacial score (nSPS) is 14.4. The largest absolute Gasteiger partial charge is 0.493 e. The number of ether oxygens (including phenoxy) is 1. The van der Waals surface area contributed by atoms with Crippen molar-refractivity contribution < 1.29 is 23.1 Å². The van der Waals surface area contributed by atoms with Crippen LogP contribution in [0.1, 0.15) is 24.8 Å². The van der Waals surface area contributed by atoms with Crippen molar-refractivity contribution in [3.8, 4) is 5.75 Å². The number of fused-ring (bicyclic) bond motifs is 1. The number of aliphatic carboxylic acids is 1. The number of hydrogen-bond acceptors (Lipinski definition) is 5. The van der Waals surface area contributed by atoms with Gasteiger partial charge in [0.05, 0.1) is 17.9 Å². The number of guanidine groups is 1. The monoisotopic (exact) mass is 370 g/mol. The predicted octanol–water partition coefficient (Wildman–Crippen LogP) is -0.203. The lowest BCUT2D eigenvalue weighted by Crippen LogP contribution is -2.36. The van der Waals surface area contributed by atoms with Gasteiger partial charge in [0.2, 0.25) is 10.0 Å². The van der Waals surface area contributed by atoms with Crippen LogP contribution in [-0.4, -0.2) is 44.6 Å². The van der Waals surface area contributed by atoms with Gasteiger partial charge in [0, 0.05) is 19.0 Å². The quantitative estimate of drug-likeness (QED) is 0.266. The molecule has 1 aromatic carbocycles. The van der Waals surface area contributed by atoms with Crippen LogP contribution in [-0.2, 0) is 21.2 Å². The Labute approximate surface area is 146 Å². The van der Waals surface area contributed by atoms with Crippen LogP contribution in [0.3, 0.4) is 0 Å². The molecule has 0 saturated carbocycles. The molecule has 2 rings (SSSR count). The molecule has 1 aliphatic rings. The van der Waals surface area contributed by atoms with Gasteiger partial charge in [-0.25, -0.2) is 13.1 Å². The third-order valence-corrected chi connectivity index (χ3v) is 5.24. The Kier molecular flexibility index (Phi) is 6.21. The molecule has 6 N–H and O–H groups in total. The number of nitrogens with one attached hydrogen (secondary N) is 1. The molecular weight excluding hydrogens is 348 g/mol. The summed E-state index contributed by atoms with van der Waals surface area (Å²) in [6.45, 7) is 0.828. The summed E-state index contributed by atoms with van der Waals surface area (Å²) in [6.07, 6.45) is 1.08. The minimum absolute atomic E-state index is 0.0595. The zero-order valence-electron chi connectivity index (χ0n) is 13.6. The first-order valence-corrected chi connectivity index (χ1v) is 9.31. The van der Waals surface area contributed by atoms with Gasteiger partial charge in [-0.1, -0.05) is 0 Å². The summed E-state index contributed by atoms with van der Waals surface area (Å²) in [6, 6.07) is 3.87. The third-order valence-electron chi connectivity index (χ3n) is 3.72. The minimum atomic E-state index is -3.83. The maximum absolute atomic E-state index is 12.6. The molecule has 0 saturated heterocycles. The van der Waals surface area contributed by atoms with E-state index in [-0.39, 0.29) is 17.3 Å². The van der Waals surface area contributed by atoms with E-state index in [9.17, 15) is 13.2 Å². The first kappa shape index (κ1) is 19.0. The maximum Gasteiger partial charge on any atom is 0.304 e. The molecule has 9 nitrogen and oxygen atoms in total. The molecule has 1 heterocycles. The molecule has 10 heteroatoms. The number of sulfonamides is 1. The van der Waals surface area contributed by atoms with Crippen molar-refractivity contribution in [3.63, 3.8) is 0 Å². The van der Waals surface area contributed by atoms with Crippen LogP contribution in [0.15, 0.2) is 28.1 Å². The van der Waals surface area contributed by atoms with E-state index in [1.165, 1.54) is 6.07 Å². The summed E-state index contributed by atoms with van der Waals surface area (Å²) in [7, 11) is -3.83. The number of carboxylic acids is 1. The lowest BCUT2D eigenvalue weighted by Gasteiger charge is -2.17. The molecule has 0 aliphatic carbocycles. The Morgan fingerprint density at radius 1 is 1.40 bits per heavy atom. The summed E-state index contributed by atoms with van der Waals surface area (Å²) >= 11 is 0. The Morgan fingerprint density at radius 2 is 2.16 bits per heavy atom. The molecule has 0 bridgehead atoms. The molecule has 0 radical (unpaired) electrons. The highest BCUT2D eigenvalue weighted by Crippen LogP contribution is 2.27. The average molecular weight is 370 g/mol. The topological polar surface area (TPSA) is 157 Å². The van der Waals surface area contributed by atoms with Gasteiger partial charge >= 0.3 is 5.97 Å². The number of benzene rings is 1. The zero-order chi connectivity index (χ0) is 18.4. The molecule has 0 spiro atoms. The SMILES string of the molecule is NC(N)=NCCC[C@@H](CC(=O)O)NS(=O)(=O)c1ccc2c(c1)CCO2. The van der Waals surface area contributed by atoms with Crippen LogP contribution in [0, 0.1) is 0 Å². The molecule has 1 aliphatic heterocycles. The van der Waals surface area contributed by atoms with E-state index in [4.69, 9.17) is 21.3 Å². The average Bonchev–Trinajstić information content (AvgIpc) is 2.97. The van der Waals surface area contributed by atoms with Gasteiger partial charge < -0.3 is 21.3 Å². The first-order chi connectivity index (χ1) is 11.8. The predicted molar refractivity (Wildman–Crippen MR) is 91.9 cm³/mol. The standard InChI is InChI=1S/C15H22N4O5S/c16-15(17)18-6-1-2-11(9-14(20)21)19-25(22,23)12-3-4-13-10(8-12)5-7-24-13/h3-4,8,11,19H,1-2,5-7,9H2,(H,20,21)(H4,16,17,18)/t11-/m0/s1. The van der Waals surface area contributed by atoms with E-state index in [1.54, 1.807) is 12.1 Å². The highest BCUT2D eigenvalue weighted by molar-refractivity contribution is 7.89. The van der Waals surface area contributed by atoms with Crippen LogP contribution in [0.25, 0.3) is 0 Å². The Morgan fingerprint density at radius 3 is 2.84 bits per heavy atom. The van der Waals surface area contributed by atoms with E-state index in [2.05, 4.69) is 9.71 Å². The van der Waals surface area contributed by atoms with Crippen LogP contribution in [0.2, 0.25) is 0 Å². The minimum Gasteiger partial charge on any atom is -0.493 e. The smallest absolute Gasteiger partial charge is 0.304 e. The van der Waals surface area contributed by atoms with Gasteiger partial charge in [0.15, 0.2) is 5.96 Å². The molecule has 0 amide bonds. The fourth-order valence-corrected chi connectivity index (χ4v) is 3.90. The molecule has 0 fully saturated rings. The molecule has 0 unspecified atom stereocenters. The number of nitrogens with two attached hydrogens (primary N) is 2. The number of carbonyl (C=O) groups is 1. The summed E-state index contributed by atoms with van der Waals surface area (Å²) in [5, 5.41) is 9.00. The van der Waals surface area contributed by atoms with Crippen molar-refractivity contribution in [1.29, 1.82) is 0 Å². The van der Waals surface area contributed by atoms with E-state index in [0.717, 1.165) is 5.56 Å². The number of carboxylic acid groups (broad SMARTS) is 1. The molecule has 138 valence electrons. The Bertz CT molecular complexity index is 759. The second-order valence-corrected chi connectivity index (χ2v) is 7.45. The fraction of sp³-hybridized carbons (Fsp3) is 0.467. The maximum atomic E-state index is 12.6. The van der Waals surface area contributed by atoms with Crippen molar-refractivity contribution in [2.75, 3.05) is 13.2 Å². The van der Waals surface area contributed by atoms with Gasteiger partial charge in [0.25, 0.3) is 0 Å². The molecule has 0 aromatic heterocycles. The number of nitrogens with zero attached hydrogens (tertiary/aromatic N) is 1. The van der Waals surface area contributed by atoms with Gasteiger partial charge in [-0.2, -0.15) is 0 Å².